The zero-order valence-corrected chi connectivity index (χ0v) is 14.7. The highest BCUT2D eigenvalue weighted by molar-refractivity contribution is 5.84. The summed E-state index contributed by atoms with van der Waals surface area (Å²) in [5.41, 5.74) is 1.02. The number of hydrogen-bond donors (Lipinski definition) is 0. The average Bonchev–Trinajstić information content (AvgIpc) is 3.09. The zero-order chi connectivity index (χ0) is 16.6. The quantitative estimate of drug-likeness (QED) is 0.856. The van der Waals surface area contributed by atoms with E-state index in [4.69, 9.17) is 9.15 Å². The number of rotatable bonds is 3. The Bertz CT molecular complexity index is 563. The van der Waals surface area contributed by atoms with E-state index in [2.05, 4.69) is 11.8 Å². The summed E-state index contributed by atoms with van der Waals surface area (Å²) in [6.07, 6.45) is 0. The van der Waals surface area contributed by atoms with Crippen LogP contribution in [-0.2, 0) is 9.53 Å². The van der Waals surface area contributed by atoms with Crippen molar-refractivity contribution in [2.24, 2.45) is 5.92 Å². The van der Waals surface area contributed by atoms with Gasteiger partial charge in [-0.1, -0.05) is 6.92 Å². The van der Waals surface area contributed by atoms with E-state index in [9.17, 15) is 4.79 Å². The Morgan fingerprint density at radius 3 is 2.57 bits per heavy atom. The van der Waals surface area contributed by atoms with Crippen LogP contribution in [0.5, 0.6) is 0 Å². The van der Waals surface area contributed by atoms with Gasteiger partial charge in [0.1, 0.15) is 11.5 Å². The number of carbonyl (C=O) groups is 1. The Hall–Kier alpha value is -1.33. The van der Waals surface area contributed by atoms with Crippen molar-refractivity contribution in [3.05, 3.63) is 23.2 Å². The van der Waals surface area contributed by atoms with E-state index in [0.717, 1.165) is 56.5 Å². The molecule has 0 spiro atoms. The molecule has 1 amide bonds. The van der Waals surface area contributed by atoms with Gasteiger partial charge < -0.3 is 14.1 Å². The van der Waals surface area contributed by atoms with Crippen LogP contribution in [0.15, 0.2) is 10.5 Å². The minimum absolute atomic E-state index is 0.136. The molecule has 5 nitrogen and oxygen atoms in total. The molecule has 128 valence electrons. The number of ether oxygens (including phenoxy) is 1. The minimum atomic E-state index is -0.136. The molecule has 0 unspecified atom stereocenters. The van der Waals surface area contributed by atoms with Crippen molar-refractivity contribution in [2.45, 2.75) is 39.7 Å². The molecule has 0 radical (unpaired) electrons. The van der Waals surface area contributed by atoms with Gasteiger partial charge in [-0.25, -0.2) is 0 Å². The highest BCUT2D eigenvalue weighted by atomic mass is 16.5. The van der Waals surface area contributed by atoms with E-state index >= 15 is 0 Å². The Morgan fingerprint density at radius 1 is 1.26 bits per heavy atom. The van der Waals surface area contributed by atoms with Crippen LogP contribution in [0.25, 0.3) is 0 Å². The monoisotopic (exact) mass is 320 g/mol. The molecule has 2 aliphatic rings. The maximum atomic E-state index is 12.9. The van der Waals surface area contributed by atoms with Gasteiger partial charge in [-0.05, 0) is 32.8 Å². The van der Waals surface area contributed by atoms with Crippen LogP contribution in [0.3, 0.4) is 0 Å². The summed E-state index contributed by atoms with van der Waals surface area (Å²) < 4.78 is 11.0. The zero-order valence-electron chi connectivity index (χ0n) is 14.7. The van der Waals surface area contributed by atoms with Crippen LogP contribution in [0, 0.1) is 19.8 Å². The largest absolute Gasteiger partial charge is 0.466 e. The van der Waals surface area contributed by atoms with Crippen molar-refractivity contribution >= 4 is 5.91 Å². The Kier molecular flexibility index (Phi) is 4.78. The minimum Gasteiger partial charge on any atom is -0.466 e. The number of carbonyl (C=O) groups excluding carboxylic acids is 1. The molecule has 0 aliphatic carbocycles. The number of likely N-dealkylation sites (tertiary alicyclic amines) is 1. The van der Waals surface area contributed by atoms with E-state index < -0.39 is 0 Å². The van der Waals surface area contributed by atoms with Crippen LogP contribution < -0.4 is 0 Å². The number of morpholine rings is 1. The Balaban J connectivity index is 1.67. The van der Waals surface area contributed by atoms with Gasteiger partial charge in [-0.2, -0.15) is 0 Å². The average molecular weight is 320 g/mol. The smallest absolute Gasteiger partial charge is 0.230 e. The number of nitrogens with zero attached hydrogens (tertiary/aromatic N) is 2. The number of aryl methyl sites for hydroxylation is 2. The summed E-state index contributed by atoms with van der Waals surface area (Å²) in [5, 5.41) is 0. The van der Waals surface area contributed by atoms with Gasteiger partial charge in [-0.3, -0.25) is 9.69 Å². The summed E-state index contributed by atoms with van der Waals surface area (Å²) in [6, 6.07) is 2.46. The van der Waals surface area contributed by atoms with Gasteiger partial charge in [-0.15, -0.1) is 0 Å². The fourth-order valence-electron chi connectivity index (χ4n) is 4.00. The summed E-state index contributed by atoms with van der Waals surface area (Å²) >= 11 is 0. The molecule has 2 fully saturated rings. The molecule has 0 aromatic carbocycles. The summed E-state index contributed by atoms with van der Waals surface area (Å²) in [5.74, 6) is 2.33. The third kappa shape index (κ3) is 3.31. The molecule has 23 heavy (non-hydrogen) atoms. The lowest BCUT2D eigenvalue weighted by Crippen LogP contribution is -2.47. The molecule has 2 aliphatic heterocycles. The molecule has 3 atom stereocenters. The topological polar surface area (TPSA) is 45.9 Å². The summed E-state index contributed by atoms with van der Waals surface area (Å²) in [6.45, 7) is 13.4. The summed E-state index contributed by atoms with van der Waals surface area (Å²) in [7, 11) is 0. The molecule has 2 saturated heterocycles. The molecule has 0 N–H and O–H groups in total. The second-order valence-corrected chi connectivity index (χ2v) is 7.03. The highest BCUT2D eigenvalue weighted by Crippen LogP contribution is 2.29. The standard InChI is InChI=1S/C18H28N2O3/c1-12-10-20(11-17(12)19-5-7-22-8-6-19)18(21)14(3)16-9-13(2)23-15(16)4/h9,12,14,17H,5-8,10-11H2,1-4H3/t12-,14-,17+/m0/s1. The maximum Gasteiger partial charge on any atom is 0.230 e. The molecule has 3 rings (SSSR count). The predicted molar refractivity (Wildman–Crippen MR) is 88.5 cm³/mol. The van der Waals surface area contributed by atoms with Crippen molar-refractivity contribution < 1.29 is 13.9 Å². The SMILES string of the molecule is Cc1cc([C@H](C)C(=O)N2C[C@@H](N3CCOCC3)[C@@H](C)C2)c(C)o1. The predicted octanol–water partition coefficient (Wildman–Crippen LogP) is 2.18. The maximum absolute atomic E-state index is 12.9. The third-order valence-electron chi connectivity index (χ3n) is 5.32. The van der Waals surface area contributed by atoms with Crippen molar-refractivity contribution in [1.29, 1.82) is 0 Å². The van der Waals surface area contributed by atoms with Crippen molar-refractivity contribution in [3.8, 4) is 0 Å². The second kappa shape index (κ2) is 6.65. The van der Waals surface area contributed by atoms with Gasteiger partial charge in [0.2, 0.25) is 5.91 Å². The Labute approximate surface area is 138 Å². The normalized spacial score (nSPS) is 27.4. The number of hydrogen-bond acceptors (Lipinski definition) is 4. The van der Waals surface area contributed by atoms with Crippen molar-refractivity contribution in [2.75, 3.05) is 39.4 Å². The van der Waals surface area contributed by atoms with E-state index in [1.54, 1.807) is 0 Å². The first-order valence-corrected chi connectivity index (χ1v) is 8.65. The molecule has 5 heteroatoms. The van der Waals surface area contributed by atoms with E-state index in [1.165, 1.54) is 0 Å². The lowest BCUT2D eigenvalue weighted by Gasteiger charge is -2.34. The fourth-order valence-corrected chi connectivity index (χ4v) is 4.00. The lowest BCUT2D eigenvalue weighted by atomic mass is 10.00. The van der Waals surface area contributed by atoms with E-state index in [-0.39, 0.29) is 11.8 Å². The van der Waals surface area contributed by atoms with Gasteiger partial charge in [0.15, 0.2) is 0 Å². The molecule has 1 aromatic rings. The fraction of sp³-hybridized carbons (Fsp3) is 0.722. The van der Waals surface area contributed by atoms with Crippen molar-refractivity contribution in [3.63, 3.8) is 0 Å². The third-order valence-corrected chi connectivity index (χ3v) is 5.32. The molecular formula is C18H28N2O3. The first kappa shape index (κ1) is 16.5. The molecule has 1 aromatic heterocycles. The number of amides is 1. The highest BCUT2D eigenvalue weighted by Gasteiger charge is 2.38. The first-order chi connectivity index (χ1) is 11.0. The summed E-state index contributed by atoms with van der Waals surface area (Å²) in [4.78, 5) is 17.4. The van der Waals surface area contributed by atoms with Crippen LogP contribution in [0.1, 0.15) is 36.8 Å². The van der Waals surface area contributed by atoms with E-state index in [0.29, 0.717) is 12.0 Å². The van der Waals surface area contributed by atoms with Crippen LogP contribution in [-0.4, -0.2) is 61.1 Å². The molecule has 3 heterocycles. The van der Waals surface area contributed by atoms with Gasteiger partial charge >= 0.3 is 0 Å². The number of furan rings is 1. The lowest BCUT2D eigenvalue weighted by molar-refractivity contribution is -0.131. The van der Waals surface area contributed by atoms with Gasteiger partial charge in [0.25, 0.3) is 0 Å². The molecular weight excluding hydrogens is 292 g/mol. The molecule has 0 saturated carbocycles. The van der Waals surface area contributed by atoms with E-state index in [1.807, 2.05) is 31.7 Å². The van der Waals surface area contributed by atoms with Crippen LogP contribution in [0.4, 0.5) is 0 Å². The van der Waals surface area contributed by atoms with Crippen LogP contribution in [0.2, 0.25) is 0 Å². The van der Waals surface area contributed by atoms with Gasteiger partial charge in [0, 0.05) is 37.8 Å². The first-order valence-electron chi connectivity index (χ1n) is 8.65. The van der Waals surface area contributed by atoms with Crippen LogP contribution >= 0.6 is 0 Å². The second-order valence-electron chi connectivity index (χ2n) is 7.03. The van der Waals surface area contributed by atoms with Gasteiger partial charge in [0.05, 0.1) is 19.1 Å². The van der Waals surface area contributed by atoms with Crippen molar-refractivity contribution in [1.82, 2.24) is 9.80 Å². The Morgan fingerprint density at radius 2 is 1.96 bits per heavy atom. The molecule has 0 bridgehead atoms.